The van der Waals surface area contributed by atoms with E-state index in [9.17, 15) is 9.59 Å². The molecule has 0 bridgehead atoms. The fraction of sp³-hybridized carbons (Fsp3) is 0.167. The molecule has 1 amide bonds. The lowest BCUT2D eigenvalue weighted by molar-refractivity contribution is 0.102. The second-order valence-corrected chi connectivity index (χ2v) is 7.10. The molecule has 4 heterocycles. The Morgan fingerprint density at radius 1 is 1.26 bits per heavy atom. The molecule has 0 aliphatic heterocycles. The summed E-state index contributed by atoms with van der Waals surface area (Å²) in [5.74, 6) is 0.151. The van der Waals surface area contributed by atoms with Crippen LogP contribution in [0.2, 0.25) is 0 Å². The topological polar surface area (TPSA) is 94.7 Å². The van der Waals surface area contributed by atoms with Crippen LogP contribution in [0.3, 0.4) is 0 Å². The van der Waals surface area contributed by atoms with Gasteiger partial charge in [0.15, 0.2) is 5.82 Å². The van der Waals surface area contributed by atoms with Gasteiger partial charge in [-0.2, -0.15) is 5.10 Å². The van der Waals surface area contributed by atoms with Crippen LogP contribution in [-0.2, 0) is 13.6 Å². The van der Waals surface area contributed by atoms with Crippen LogP contribution in [0.5, 0.6) is 0 Å². The molecule has 8 nitrogen and oxygen atoms in total. The van der Waals surface area contributed by atoms with Gasteiger partial charge in [0.05, 0.1) is 23.1 Å². The molecule has 0 aliphatic carbocycles. The summed E-state index contributed by atoms with van der Waals surface area (Å²) in [7, 11) is 1.64. The van der Waals surface area contributed by atoms with E-state index in [0.29, 0.717) is 33.0 Å². The highest BCUT2D eigenvalue weighted by Gasteiger charge is 2.19. The van der Waals surface area contributed by atoms with Crippen molar-refractivity contribution in [2.24, 2.45) is 7.05 Å². The SMILES string of the molecule is Cc1c(C(=O)Nc2ccn(Cc3ccncc3)n2)sc2ncn(C)c(=O)c12. The third-order valence-corrected chi connectivity index (χ3v) is 5.39. The highest BCUT2D eigenvalue weighted by atomic mass is 32.1. The maximum Gasteiger partial charge on any atom is 0.267 e. The Morgan fingerprint density at radius 2 is 2.04 bits per heavy atom. The molecule has 0 aromatic carbocycles. The molecule has 0 fully saturated rings. The number of hydrogen-bond donors (Lipinski definition) is 1. The average molecular weight is 380 g/mol. The van der Waals surface area contributed by atoms with Gasteiger partial charge in [-0.05, 0) is 30.2 Å². The van der Waals surface area contributed by atoms with E-state index in [4.69, 9.17) is 0 Å². The van der Waals surface area contributed by atoms with Gasteiger partial charge in [0.25, 0.3) is 11.5 Å². The number of carbonyl (C=O) groups excluding carboxylic acids is 1. The Labute approximate surface area is 158 Å². The number of pyridine rings is 1. The molecule has 0 atom stereocenters. The van der Waals surface area contributed by atoms with Crippen molar-refractivity contribution in [1.29, 1.82) is 0 Å². The number of anilines is 1. The predicted octanol–water partition coefficient (Wildman–Crippen LogP) is 2.20. The first kappa shape index (κ1) is 17.1. The molecule has 0 saturated carbocycles. The van der Waals surface area contributed by atoms with E-state index in [2.05, 4.69) is 20.4 Å². The zero-order chi connectivity index (χ0) is 19.0. The van der Waals surface area contributed by atoms with Gasteiger partial charge in [0, 0.05) is 31.7 Å². The predicted molar refractivity (Wildman–Crippen MR) is 103 cm³/mol. The highest BCUT2D eigenvalue weighted by Crippen LogP contribution is 2.27. The molecule has 0 saturated heterocycles. The number of rotatable bonds is 4. The summed E-state index contributed by atoms with van der Waals surface area (Å²) in [4.78, 5) is 34.2. The lowest BCUT2D eigenvalue weighted by atomic mass is 10.2. The number of aromatic nitrogens is 5. The number of fused-ring (bicyclic) bond motifs is 1. The van der Waals surface area contributed by atoms with E-state index < -0.39 is 0 Å². The van der Waals surface area contributed by atoms with E-state index in [-0.39, 0.29) is 11.5 Å². The fourth-order valence-corrected chi connectivity index (χ4v) is 3.82. The van der Waals surface area contributed by atoms with Gasteiger partial charge in [-0.15, -0.1) is 11.3 Å². The summed E-state index contributed by atoms with van der Waals surface area (Å²) in [5.41, 5.74) is 1.54. The van der Waals surface area contributed by atoms with Crippen molar-refractivity contribution in [3.63, 3.8) is 0 Å². The van der Waals surface area contributed by atoms with Crippen molar-refractivity contribution in [2.75, 3.05) is 5.32 Å². The number of hydrogen-bond acceptors (Lipinski definition) is 6. The van der Waals surface area contributed by atoms with Crippen LogP contribution in [0.1, 0.15) is 20.8 Å². The molecule has 0 unspecified atom stereocenters. The zero-order valence-corrected chi connectivity index (χ0v) is 15.5. The van der Waals surface area contributed by atoms with Crippen molar-refractivity contribution in [3.8, 4) is 0 Å². The van der Waals surface area contributed by atoms with Crippen molar-refractivity contribution in [3.05, 3.63) is 69.5 Å². The van der Waals surface area contributed by atoms with Crippen LogP contribution < -0.4 is 10.9 Å². The van der Waals surface area contributed by atoms with Crippen LogP contribution in [0.25, 0.3) is 10.2 Å². The van der Waals surface area contributed by atoms with Crippen molar-refractivity contribution >= 4 is 33.3 Å². The molecule has 27 heavy (non-hydrogen) atoms. The number of nitrogens with one attached hydrogen (secondary N) is 1. The average Bonchev–Trinajstić information content (AvgIpc) is 3.23. The van der Waals surface area contributed by atoms with Crippen LogP contribution in [0, 0.1) is 6.92 Å². The van der Waals surface area contributed by atoms with E-state index in [0.717, 1.165) is 5.56 Å². The lowest BCUT2D eigenvalue weighted by Crippen LogP contribution is -2.17. The quantitative estimate of drug-likeness (QED) is 0.586. The van der Waals surface area contributed by atoms with Gasteiger partial charge < -0.3 is 9.88 Å². The molecular weight excluding hydrogens is 364 g/mol. The maximum absolute atomic E-state index is 12.7. The van der Waals surface area contributed by atoms with Crippen LogP contribution in [0.15, 0.2) is 47.9 Å². The molecule has 1 N–H and O–H groups in total. The Bertz CT molecular complexity index is 1190. The molecule has 9 heteroatoms. The van der Waals surface area contributed by atoms with Gasteiger partial charge in [0.1, 0.15) is 4.83 Å². The summed E-state index contributed by atoms with van der Waals surface area (Å²) < 4.78 is 3.14. The fourth-order valence-electron chi connectivity index (χ4n) is 2.79. The number of nitrogens with zero attached hydrogens (tertiary/aromatic N) is 5. The molecule has 0 spiro atoms. The molecule has 4 rings (SSSR count). The first-order valence-electron chi connectivity index (χ1n) is 8.21. The first-order valence-corrected chi connectivity index (χ1v) is 9.03. The van der Waals surface area contributed by atoms with Crippen molar-refractivity contribution in [2.45, 2.75) is 13.5 Å². The summed E-state index contributed by atoms with van der Waals surface area (Å²) in [6.45, 7) is 2.35. The Kier molecular flexibility index (Phi) is 4.28. The monoisotopic (exact) mass is 380 g/mol. The highest BCUT2D eigenvalue weighted by molar-refractivity contribution is 7.20. The van der Waals surface area contributed by atoms with Crippen LogP contribution in [-0.4, -0.2) is 30.2 Å². The lowest BCUT2D eigenvalue weighted by Gasteiger charge is -2.02. The molecule has 136 valence electrons. The van der Waals surface area contributed by atoms with Crippen LogP contribution >= 0.6 is 11.3 Å². The molecule has 4 aromatic heterocycles. The summed E-state index contributed by atoms with van der Waals surface area (Å²) in [6, 6.07) is 5.56. The second kappa shape index (κ2) is 6.76. The Balaban J connectivity index is 1.56. The minimum atomic E-state index is -0.299. The maximum atomic E-state index is 12.7. The van der Waals surface area contributed by atoms with Gasteiger partial charge in [0.2, 0.25) is 0 Å². The number of carbonyl (C=O) groups is 1. The molecule has 0 radical (unpaired) electrons. The molecule has 4 aromatic rings. The zero-order valence-electron chi connectivity index (χ0n) is 14.7. The van der Waals surface area contributed by atoms with Gasteiger partial charge in [-0.3, -0.25) is 19.3 Å². The second-order valence-electron chi connectivity index (χ2n) is 6.11. The summed E-state index contributed by atoms with van der Waals surface area (Å²) >= 11 is 1.21. The number of aryl methyl sites for hydroxylation is 2. The molecule has 0 aliphatic rings. The third kappa shape index (κ3) is 3.24. The molecular formula is C18H16N6O2S. The van der Waals surface area contributed by atoms with E-state index in [1.54, 1.807) is 43.3 Å². The Hall–Kier alpha value is -3.33. The smallest absolute Gasteiger partial charge is 0.267 e. The van der Waals surface area contributed by atoms with Gasteiger partial charge >= 0.3 is 0 Å². The van der Waals surface area contributed by atoms with E-state index in [1.807, 2.05) is 12.1 Å². The number of amides is 1. The third-order valence-electron chi connectivity index (χ3n) is 4.19. The minimum Gasteiger partial charge on any atom is -0.304 e. The summed E-state index contributed by atoms with van der Waals surface area (Å²) in [5, 5.41) is 7.65. The standard InChI is InChI=1S/C18H16N6O2S/c1-11-14-17(20-10-23(2)18(14)26)27-15(11)16(25)21-13-5-8-24(22-13)9-12-3-6-19-7-4-12/h3-8,10H,9H2,1-2H3,(H,21,22,25). The summed E-state index contributed by atoms with van der Waals surface area (Å²) in [6.07, 6.45) is 6.71. The van der Waals surface area contributed by atoms with Crippen LogP contribution in [0.4, 0.5) is 5.82 Å². The van der Waals surface area contributed by atoms with Gasteiger partial charge in [-0.25, -0.2) is 4.98 Å². The van der Waals surface area contributed by atoms with E-state index in [1.165, 1.54) is 22.2 Å². The van der Waals surface area contributed by atoms with Gasteiger partial charge in [-0.1, -0.05) is 0 Å². The largest absolute Gasteiger partial charge is 0.304 e. The van der Waals surface area contributed by atoms with Crippen molar-refractivity contribution in [1.82, 2.24) is 24.3 Å². The normalized spacial score (nSPS) is 11.0. The van der Waals surface area contributed by atoms with Crippen molar-refractivity contribution < 1.29 is 4.79 Å². The van der Waals surface area contributed by atoms with E-state index >= 15 is 0 Å². The Morgan fingerprint density at radius 3 is 2.81 bits per heavy atom. The number of thiophene rings is 1. The minimum absolute atomic E-state index is 0.158. The first-order chi connectivity index (χ1) is 13.0.